The Morgan fingerprint density at radius 2 is 2.35 bits per heavy atom. The molecular formula is C16H17N3O3S. The van der Waals surface area contributed by atoms with Crippen LogP contribution in [0.15, 0.2) is 29.8 Å². The summed E-state index contributed by atoms with van der Waals surface area (Å²) in [7, 11) is 1.68. The van der Waals surface area contributed by atoms with Crippen LogP contribution in [-0.4, -0.2) is 30.5 Å². The van der Waals surface area contributed by atoms with Gasteiger partial charge in [-0.25, -0.2) is 4.98 Å². The standard InChI is InChI=1S/C16H17N3O3S/c1-3-11(16-17-6-7-23-16)18-15(21)10-4-5-13-12(8-10)19(2)14(20)9-22-13/h4-8,11H,3,9H2,1-2H3,(H,18,21)/t11-/m1/s1. The fraction of sp³-hybridized carbons (Fsp3) is 0.312. The molecular weight excluding hydrogens is 314 g/mol. The number of thiazole rings is 1. The summed E-state index contributed by atoms with van der Waals surface area (Å²) in [6.45, 7) is 2.02. The van der Waals surface area contributed by atoms with Crippen LogP contribution in [0.25, 0.3) is 0 Å². The van der Waals surface area contributed by atoms with Gasteiger partial charge in [-0.05, 0) is 24.6 Å². The molecule has 7 heteroatoms. The second-order valence-corrected chi connectivity index (χ2v) is 6.15. The zero-order chi connectivity index (χ0) is 16.4. The Labute approximate surface area is 138 Å². The number of amides is 2. The van der Waals surface area contributed by atoms with Gasteiger partial charge in [0.1, 0.15) is 10.8 Å². The van der Waals surface area contributed by atoms with E-state index in [1.165, 1.54) is 16.2 Å². The van der Waals surface area contributed by atoms with E-state index in [1.807, 2.05) is 12.3 Å². The highest BCUT2D eigenvalue weighted by molar-refractivity contribution is 7.09. The molecule has 0 spiro atoms. The normalized spacial score (nSPS) is 14.9. The molecule has 2 aromatic rings. The first-order valence-electron chi connectivity index (χ1n) is 7.33. The lowest BCUT2D eigenvalue weighted by Gasteiger charge is -2.26. The van der Waals surface area contributed by atoms with Crippen LogP contribution in [0.5, 0.6) is 5.75 Å². The minimum atomic E-state index is -0.193. The highest BCUT2D eigenvalue weighted by Gasteiger charge is 2.24. The summed E-state index contributed by atoms with van der Waals surface area (Å²) in [6, 6.07) is 4.98. The van der Waals surface area contributed by atoms with Crippen LogP contribution >= 0.6 is 11.3 Å². The molecule has 1 aromatic carbocycles. The highest BCUT2D eigenvalue weighted by atomic mass is 32.1. The van der Waals surface area contributed by atoms with Gasteiger partial charge >= 0.3 is 0 Å². The van der Waals surface area contributed by atoms with Gasteiger partial charge in [-0.2, -0.15) is 0 Å². The quantitative estimate of drug-likeness (QED) is 0.934. The van der Waals surface area contributed by atoms with Crippen LogP contribution < -0.4 is 15.0 Å². The van der Waals surface area contributed by atoms with Crippen LogP contribution in [0.3, 0.4) is 0 Å². The molecule has 1 atom stereocenters. The number of nitrogens with zero attached hydrogens (tertiary/aromatic N) is 2. The van der Waals surface area contributed by atoms with Gasteiger partial charge < -0.3 is 15.0 Å². The molecule has 0 radical (unpaired) electrons. The minimum Gasteiger partial charge on any atom is -0.482 e. The predicted molar refractivity (Wildman–Crippen MR) is 88.0 cm³/mol. The summed E-state index contributed by atoms with van der Waals surface area (Å²) in [5, 5.41) is 5.76. The molecule has 0 aliphatic carbocycles. The number of carbonyl (C=O) groups is 2. The van der Waals surface area contributed by atoms with Crippen molar-refractivity contribution in [1.29, 1.82) is 0 Å². The van der Waals surface area contributed by atoms with Crippen molar-refractivity contribution in [1.82, 2.24) is 10.3 Å². The van der Waals surface area contributed by atoms with Gasteiger partial charge in [-0.3, -0.25) is 9.59 Å². The van der Waals surface area contributed by atoms with Crippen molar-refractivity contribution < 1.29 is 14.3 Å². The van der Waals surface area contributed by atoms with Crippen LogP contribution in [0.1, 0.15) is 34.8 Å². The Morgan fingerprint density at radius 3 is 3.04 bits per heavy atom. The van der Waals surface area contributed by atoms with E-state index in [-0.39, 0.29) is 24.5 Å². The largest absolute Gasteiger partial charge is 0.482 e. The Balaban J connectivity index is 1.81. The van der Waals surface area contributed by atoms with Crippen molar-refractivity contribution in [3.8, 4) is 5.75 Å². The molecule has 1 aliphatic heterocycles. The number of hydrogen-bond acceptors (Lipinski definition) is 5. The SMILES string of the molecule is CC[C@@H](NC(=O)c1ccc2c(c1)N(C)C(=O)CO2)c1nccs1. The molecule has 1 aromatic heterocycles. The first-order valence-corrected chi connectivity index (χ1v) is 8.21. The van der Waals surface area contributed by atoms with Crippen LogP contribution in [0.2, 0.25) is 0 Å². The molecule has 120 valence electrons. The third kappa shape index (κ3) is 3.05. The van der Waals surface area contributed by atoms with E-state index < -0.39 is 0 Å². The van der Waals surface area contributed by atoms with Crippen molar-refractivity contribution in [3.63, 3.8) is 0 Å². The number of nitrogens with one attached hydrogen (secondary N) is 1. The van der Waals surface area contributed by atoms with E-state index in [2.05, 4.69) is 10.3 Å². The third-order valence-electron chi connectivity index (χ3n) is 3.77. The summed E-state index contributed by atoms with van der Waals surface area (Å²) in [5.41, 5.74) is 1.10. The van der Waals surface area contributed by atoms with Crippen molar-refractivity contribution in [2.75, 3.05) is 18.6 Å². The topological polar surface area (TPSA) is 71.5 Å². The molecule has 1 N–H and O–H groups in total. The zero-order valence-electron chi connectivity index (χ0n) is 12.9. The number of hydrogen-bond donors (Lipinski definition) is 1. The van der Waals surface area contributed by atoms with E-state index in [9.17, 15) is 9.59 Å². The maximum Gasteiger partial charge on any atom is 0.264 e. The molecule has 0 saturated carbocycles. The number of benzene rings is 1. The second kappa shape index (κ2) is 6.37. The van der Waals surface area contributed by atoms with Gasteiger partial charge in [0.2, 0.25) is 0 Å². The van der Waals surface area contributed by atoms with Gasteiger partial charge in [0.15, 0.2) is 6.61 Å². The Morgan fingerprint density at radius 1 is 1.52 bits per heavy atom. The summed E-state index contributed by atoms with van der Waals surface area (Å²) in [6.07, 6.45) is 2.48. The Kier molecular flexibility index (Phi) is 4.29. The lowest BCUT2D eigenvalue weighted by atomic mass is 10.1. The summed E-state index contributed by atoms with van der Waals surface area (Å²) in [5.74, 6) is 0.279. The second-order valence-electron chi connectivity index (χ2n) is 5.23. The van der Waals surface area contributed by atoms with Crippen molar-refractivity contribution >= 4 is 28.8 Å². The zero-order valence-corrected chi connectivity index (χ0v) is 13.7. The van der Waals surface area contributed by atoms with Gasteiger partial charge in [-0.15, -0.1) is 11.3 Å². The maximum atomic E-state index is 12.5. The average molecular weight is 331 g/mol. The molecule has 0 unspecified atom stereocenters. The molecule has 1 aliphatic rings. The number of rotatable bonds is 4. The molecule has 0 bridgehead atoms. The number of anilines is 1. The van der Waals surface area contributed by atoms with Gasteiger partial charge in [0.25, 0.3) is 11.8 Å². The minimum absolute atomic E-state index is 0.0248. The van der Waals surface area contributed by atoms with Gasteiger partial charge in [-0.1, -0.05) is 6.92 Å². The van der Waals surface area contributed by atoms with E-state index in [0.29, 0.717) is 17.0 Å². The van der Waals surface area contributed by atoms with Crippen molar-refractivity contribution in [2.45, 2.75) is 19.4 Å². The smallest absolute Gasteiger partial charge is 0.264 e. The summed E-state index contributed by atoms with van der Waals surface area (Å²) >= 11 is 1.52. The van der Waals surface area contributed by atoms with E-state index >= 15 is 0 Å². The maximum absolute atomic E-state index is 12.5. The number of ether oxygens (including phenoxy) is 1. The summed E-state index contributed by atoms with van der Waals surface area (Å²) < 4.78 is 5.37. The van der Waals surface area contributed by atoms with E-state index in [1.54, 1.807) is 31.4 Å². The molecule has 23 heavy (non-hydrogen) atoms. The number of likely N-dealkylation sites (N-methyl/N-ethyl adjacent to an activating group) is 1. The molecule has 0 saturated heterocycles. The first kappa shape index (κ1) is 15.5. The predicted octanol–water partition coefficient (Wildman–Crippen LogP) is 2.38. The lowest BCUT2D eigenvalue weighted by molar-refractivity contribution is -0.120. The molecule has 3 rings (SSSR count). The highest BCUT2D eigenvalue weighted by Crippen LogP contribution is 2.32. The monoisotopic (exact) mass is 331 g/mol. The number of aromatic nitrogens is 1. The lowest BCUT2D eigenvalue weighted by Crippen LogP contribution is -2.36. The molecule has 6 nitrogen and oxygen atoms in total. The first-order chi connectivity index (χ1) is 11.1. The van der Waals surface area contributed by atoms with E-state index in [0.717, 1.165) is 11.4 Å². The molecule has 0 fully saturated rings. The molecule has 2 heterocycles. The van der Waals surface area contributed by atoms with E-state index in [4.69, 9.17) is 4.74 Å². The van der Waals surface area contributed by atoms with Crippen LogP contribution in [0.4, 0.5) is 5.69 Å². The Bertz CT molecular complexity index is 730. The third-order valence-corrected chi connectivity index (χ3v) is 4.66. The fourth-order valence-corrected chi connectivity index (χ4v) is 3.17. The number of fused-ring (bicyclic) bond motifs is 1. The average Bonchev–Trinajstić information content (AvgIpc) is 3.10. The molecule has 2 amide bonds. The van der Waals surface area contributed by atoms with Crippen LogP contribution in [-0.2, 0) is 4.79 Å². The Hall–Kier alpha value is -2.41. The fourth-order valence-electron chi connectivity index (χ4n) is 2.40. The van der Waals surface area contributed by atoms with Crippen LogP contribution in [0, 0.1) is 0 Å². The number of carbonyl (C=O) groups excluding carboxylic acids is 2. The van der Waals surface area contributed by atoms with Crippen molar-refractivity contribution in [3.05, 3.63) is 40.3 Å². The summed E-state index contributed by atoms with van der Waals surface area (Å²) in [4.78, 5) is 30.0. The van der Waals surface area contributed by atoms with Crippen molar-refractivity contribution in [2.24, 2.45) is 0 Å². The van der Waals surface area contributed by atoms with Gasteiger partial charge in [0.05, 0.1) is 11.7 Å². The van der Waals surface area contributed by atoms with Gasteiger partial charge in [0, 0.05) is 24.2 Å².